The standard InChI is InChI=1S/C17H18N4S/c18-14-2-1-6-21(11-14)17-10-19-15(9-20-17)13-4-3-12-5-7-22-16(12)8-13/h3-5,7-10,14H,1-2,6,11,18H2. The molecule has 1 atom stereocenters. The quantitative estimate of drug-likeness (QED) is 0.789. The van der Waals surface area contributed by atoms with Gasteiger partial charge in [-0.2, -0.15) is 0 Å². The SMILES string of the molecule is NC1CCCN(c2cnc(-c3ccc4ccsc4c3)cn2)C1. The van der Waals surface area contributed by atoms with E-state index >= 15 is 0 Å². The van der Waals surface area contributed by atoms with Gasteiger partial charge in [-0.15, -0.1) is 11.3 Å². The van der Waals surface area contributed by atoms with Crippen molar-refractivity contribution >= 4 is 27.2 Å². The number of aromatic nitrogens is 2. The first-order valence-corrected chi connectivity index (χ1v) is 8.48. The highest BCUT2D eigenvalue weighted by Crippen LogP contribution is 2.27. The first kappa shape index (κ1) is 13.7. The van der Waals surface area contributed by atoms with Crippen molar-refractivity contribution in [2.75, 3.05) is 18.0 Å². The first-order valence-electron chi connectivity index (χ1n) is 7.60. The maximum absolute atomic E-state index is 6.04. The number of nitrogens with zero attached hydrogens (tertiary/aromatic N) is 3. The van der Waals surface area contributed by atoms with Gasteiger partial charge in [0.15, 0.2) is 0 Å². The largest absolute Gasteiger partial charge is 0.354 e. The smallest absolute Gasteiger partial charge is 0.147 e. The van der Waals surface area contributed by atoms with Crippen molar-refractivity contribution in [1.29, 1.82) is 0 Å². The Morgan fingerprint density at radius 3 is 2.95 bits per heavy atom. The molecule has 1 fully saturated rings. The third kappa shape index (κ3) is 2.58. The lowest BCUT2D eigenvalue weighted by atomic mass is 10.1. The maximum atomic E-state index is 6.04. The molecule has 2 N–H and O–H groups in total. The zero-order valence-electron chi connectivity index (χ0n) is 12.3. The van der Waals surface area contributed by atoms with Gasteiger partial charge in [0.1, 0.15) is 5.82 Å². The van der Waals surface area contributed by atoms with Gasteiger partial charge in [-0.05, 0) is 35.7 Å². The van der Waals surface area contributed by atoms with Crippen LogP contribution < -0.4 is 10.6 Å². The van der Waals surface area contributed by atoms with Crippen molar-refractivity contribution in [3.8, 4) is 11.3 Å². The van der Waals surface area contributed by atoms with Gasteiger partial charge in [-0.1, -0.05) is 12.1 Å². The van der Waals surface area contributed by atoms with Crippen molar-refractivity contribution in [2.24, 2.45) is 5.73 Å². The molecule has 1 unspecified atom stereocenters. The van der Waals surface area contributed by atoms with Crippen LogP contribution in [0.3, 0.4) is 0 Å². The number of hydrogen-bond donors (Lipinski definition) is 1. The molecule has 4 nitrogen and oxygen atoms in total. The van der Waals surface area contributed by atoms with Crippen LogP contribution in [0.15, 0.2) is 42.0 Å². The average Bonchev–Trinajstić information content (AvgIpc) is 3.02. The Balaban J connectivity index is 1.60. The molecule has 1 saturated heterocycles. The average molecular weight is 310 g/mol. The van der Waals surface area contributed by atoms with Crippen molar-refractivity contribution in [1.82, 2.24) is 9.97 Å². The molecule has 1 aliphatic rings. The third-order valence-electron chi connectivity index (χ3n) is 4.17. The predicted octanol–water partition coefficient (Wildman–Crippen LogP) is 3.29. The number of anilines is 1. The van der Waals surface area contributed by atoms with Crippen LogP contribution in [0, 0.1) is 0 Å². The molecule has 3 heterocycles. The van der Waals surface area contributed by atoms with E-state index in [1.54, 1.807) is 11.3 Å². The van der Waals surface area contributed by atoms with Gasteiger partial charge >= 0.3 is 0 Å². The van der Waals surface area contributed by atoms with Gasteiger partial charge in [0.25, 0.3) is 0 Å². The Labute approximate surface area is 133 Å². The lowest BCUT2D eigenvalue weighted by Crippen LogP contribution is -2.43. The molecular formula is C17H18N4S. The normalized spacial score (nSPS) is 18.8. The van der Waals surface area contributed by atoms with Crippen molar-refractivity contribution in [3.05, 3.63) is 42.0 Å². The summed E-state index contributed by atoms with van der Waals surface area (Å²) in [4.78, 5) is 11.4. The number of rotatable bonds is 2. The zero-order chi connectivity index (χ0) is 14.9. The van der Waals surface area contributed by atoms with Crippen LogP contribution >= 0.6 is 11.3 Å². The van der Waals surface area contributed by atoms with Gasteiger partial charge < -0.3 is 10.6 Å². The van der Waals surface area contributed by atoms with E-state index in [1.807, 2.05) is 12.4 Å². The van der Waals surface area contributed by atoms with Crippen LogP contribution in [0.1, 0.15) is 12.8 Å². The Bertz CT molecular complexity index is 781. The Hall–Kier alpha value is -1.98. The van der Waals surface area contributed by atoms with Gasteiger partial charge in [0, 0.05) is 29.4 Å². The molecule has 22 heavy (non-hydrogen) atoms. The Morgan fingerprint density at radius 1 is 1.18 bits per heavy atom. The molecule has 1 aliphatic heterocycles. The fraction of sp³-hybridized carbons (Fsp3) is 0.294. The topological polar surface area (TPSA) is 55.0 Å². The van der Waals surface area contributed by atoms with Gasteiger partial charge in [-0.3, -0.25) is 4.98 Å². The van der Waals surface area contributed by atoms with Crippen molar-refractivity contribution in [2.45, 2.75) is 18.9 Å². The molecule has 3 aromatic rings. The van der Waals surface area contributed by atoms with E-state index in [1.165, 1.54) is 10.1 Å². The second kappa shape index (κ2) is 5.66. The summed E-state index contributed by atoms with van der Waals surface area (Å²) in [6.07, 6.45) is 5.96. The molecular weight excluding hydrogens is 292 g/mol. The fourth-order valence-electron chi connectivity index (χ4n) is 2.97. The van der Waals surface area contributed by atoms with Crippen LogP contribution in [0.5, 0.6) is 0 Å². The first-order chi connectivity index (χ1) is 10.8. The third-order valence-corrected chi connectivity index (χ3v) is 5.05. The summed E-state index contributed by atoms with van der Waals surface area (Å²) in [5, 5.41) is 3.39. The highest BCUT2D eigenvalue weighted by molar-refractivity contribution is 7.17. The maximum Gasteiger partial charge on any atom is 0.147 e. The second-order valence-electron chi connectivity index (χ2n) is 5.78. The van der Waals surface area contributed by atoms with E-state index in [0.717, 1.165) is 43.0 Å². The molecule has 0 saturated carbocycles. The van der Waals surface area contributed by atoms with E-state index in [2.05, 4.69) is 44.5 Å². The van der Waals surface area contributed by atoms with E-state index < -0.39 is 0 Å². The predicted molar refractivity (Wildman–Crippen MR) is 92.3 cm³/mol. The van der Waals surface area contributed by atoms with Crippen LogP contribution in [0.2, 0.25) is 0 Å². The summed E-state index contributed by atoms with van der Waals surface area (Å²) in [5.74, 6) is 0.927. The molecule has 2 aromatic heterocycles. The highest BCUT2D eigenvalue weighted by atomic mass is 32.1. The van der Waals surface area contributed by atoms with E-state index in [4.69, 9.17) is 5.73 Å². The van der Waals surface area contributed by atoms with Crippen LogP contribution in [-0.2, 0) is 0 Å². The van der Waals surface area contributed by atoms with Gasteiger partial charge in [0.2, 0.25) is 0 Å². The minimum Gasteiger partial charge on any atom is -0.354 e. The minimum absolute atomic E-state index is 0.247. The van der Waals surface area contributed by atoms with E-state index in [-0.39, 0.29) is 6.04 Å². The zero-order valence-corrected chi connectivity index (χ0v) is 13.1. The van der Waals surface area contributed by atoms with Gasteiger partial charge in [0.05, 0.1) is 18.1 Å². The molecule has 112 valence electrons. The number of nitrogens with two attached hydrogens (primary N) is 1. The lowest BCUT2D eigenvalue weighted by molar-refractivity contribution is 0.503. The molecule has 0 spiro atoms. The molecule has 0 radical (unpaired) electrons. The van der Waals surface area contributed by atoms with E-state index in [0.29, 0.717) is 0 Å². The lowest BCUT2D eigenvalue weighted by Gasteiger charge is -2.31. The summed E-state index contributed by atoms with van der Waals surface area (Å²) in [6, 6.07) is 8.81. The van der Waals surface area contributed by atoms with Crippen LogP contribution in [-0.4, -0.2) is 29.1 Å². The summed E-state index contributed by atoms with van der Waals surface area (Å²) >= 11 is 1.75. The summed E-state index contributed by atoms with van der Waals surface area (Å²) in [6.45, 7) is 1.89. The monoisotopic (exact) mass is 310 g/mol. The summed E-state index contributed by atoms with van der Waals surface area (Å²) in [7, 11) is 0. The molecule has 4 rings (SSSR count). The summed E-state index contributed by atoms with van der Waals surface area (Å²) in [5.41, 5.74) is 8.07. The minimum atomic E-state index is 0.247. The Morgan fingerprint density at radius 2 is 2.14 bits per heavy atom. The number of benzene rings is 1. The van der Waals surface area contributed by atoms with Crippen molar-refractivity contribution < 1.29 is 0 Å². The van der Waals surface area contributed by atoms with E-state index in [9.17, 15) is 0 Å². The van der Waals surface area contributed by atoms with Gasteiger partial charge in [-0.25, -0.2) is 4.98 Å². The molecule has 1 aromatic carbocycles. The fourth-order valence-corrected chi connectivity index (χ4v) is 3.79. The second-order valence-corrected chi connectivity index (χ2v) is 6.73. The highest BCUT2D eigenvalue weighted by Gasteiger charge is 2.18. The molecule has 0 amide bonds. The number of fused-ring (bicyclic) bond motifs is 1. The number of thiophene rings is 1. The molecule has 0 bridgehead atoms. The summed E-state index contributed by atoms with van der Waals surface area (Å²) < 4.78 is 1.28. The van der Waals surface area contributed by atoms with Crippen LogP contribution in [0.25, 0.3) is 21.3 Å². The Kier molecular flexibility index (Phi) is 3.52. The number of piperidine rings is 1. The van der Waals surface area contributed by atoms with Crippen LogP contribution in [0.4, 0.5) is 5.82 Å². The number of hydrogen-bond acceptors (Lipinski definition) is 5. The molecule has 5 heteroatoms. The molecule has 0 aliphatic carbocycles. The van der Waals surface area contributed by atoms with Crippen molar-refractivity contribution in [3.63, 3.8) is 0 Å².